The van der Waals surface area contributed by atoms with Gasteiger partial charge in [0.25, 0.3) is 0 Å². The molecule has 3 aromatic heterocycles. The molecule has 4 heterocycles. The van der Waals surface area contributed by atoms with E-state index >= 15 is 0 Å². The van der Waals surface area contributed by atoms with Crippen LogP contribution in [0, 0.1) is 12.7 Å². The van der Waals surface area contributed by atoms with Crippen LogP contribution in [-0.2, 0) is 20.0 Å². The number of aryl methyl sites for hydroxylation is 1. The van der Waals surface area contributed by atoms with Gasteiger partial charge in [0.1, 0.15) is 17.9 Å². The predicted molar refractivity (Wildman–Crippen MR) is 101 cm³/mol. The largest absolute Gasteiger partial charge is 0.493 e. The molecule has 5 rings (SSSR count). The van der Waals surface area contributed by atoms with Gasteiger partial charge in [0.15, 0.2) is 5.65 Å². The minimum atomic E-state index is -0.251. The Bertz CT molecular complexity index is 1200. The van der Waals surface area contributed by atoms with Gasteiger partial charge in [-0.25, -0.2) is 9.37 Å². The summed E-state index contributed by atoms with van der Waals surface area (Å²) in [6.45, 7) is 2.87. The molecule has 0 saturated carbocycles. The average Bonchev–Trinajstić information content (AvgIpc) is 3.42. The van der Waals surface area contributed by atoms with Crippen molar-refractivity contribution in [2.75, 3.05) is 11.9 Å². The highest BCUT2D eigenvalue weighted by atomic mass is 19.1. The molecule has 0 spiro atoms. The van der Waals surface area contributed by atoms with E-state index in [0.717, 1.165) is 28.1 Å². The molecule has 0 radical (unpaired) electrons. The highest BCUT2D eigenvalue weighted by Crippen LogP contribution is 2.31. The number of nitrogens with one attached hydrogen (secondary N) is 1. The highest BCUT2D eigenvalue weighted by molar-refractivity contribution is 5.78. The topological polar surface area (TPSA) is 82.2 Å². The van der Waals surface area contributed by atoms with E-state index in [9.17, 15) is 4.39 Å². The summed E-state index contributed by atoms with van der Waals surface area (Å²) < 4.78 is 23.5. The number of hydrogen-bond acceptors (Lipinski definition) is 6. The molecule has 28 heavy (non-hydrogen) atoms. The van der Waals surface area contributed by atoms with E-state index in [2.05, 4.69) is 25.6 Å². The molecular weight excluding hydrogens is 361 g/mol. The van der Waals surface area contributed by atoms with Gasteiger partial charge < -0.3 is 10.1 Å². The lowest BCUT2D eigenvalue weighted by molar-refractivity contribution is 0.356. The summed E-state index contributed by atoms with van der Waals surface area (Å²) in [5, 5.41) is 15.8. The summed E-state index contributed by atoms with van der Waals surface area (Å²) in [6.07, 6.45) is 5.83. The molecule has 8 nitrogen and oxygen atoms in total. The number of nitrogens with zero attached hydrogens (tertiary/aromatic N) is 6. The van der Waals surface area contributed by atoms with Gasteiger partial charge in [-0.15, -0.1) is 10.2 Å². The van der Waals surface area contributed by atoms with E-state index in [1.165, 1.54) is 6.07 Å². The maximum Gasteiger partial charge on any atom is 0.210 e. The molecule has 1 aliphatic heterocycles. The second-order valence-electron chi connectivity index (χ2n) is 6.74. The lowest BCUT2D eigenvalue weighted by atomic mass is 10.0. The van der Waals surface area contributed by atoms with Crippen LogP contribution < -0.4 is 10.1 Å². The van der Waals surface area contributed by atoms with Gasteiger partial charge in [-0.05, 0) is 19.1 Å². The molecule has 0 aliphatic carbocycles. The average molecular weight is 379 g/mol. The van der Waals surface area contributed by atoms with Crippen molar-refractivity contribution in [3.8, 4) is 16.9 Å². The fraction of sp³-hybridized carbons (Fsp3) is 0.263. The molecule has 0 amide bonds. The molecule has 0 saturated heterocycles. The van der Waals surface area contributed by atoms with E-state index in [0.29, 0.717) is 36.7 Å². The molecule has 1 aliphatic rings. The Morgan fingerprint density at radius 1 is 1.25 bits per heavy atom. The zero-order valence-electron chi connectivity index (χ0n) is 15.5. The fourth-order valence-corrected chi connectivity index (χ4v) is 3.58. The van der Waals surface area contributed by atoms with Crippen molar-refractivity contribution in [1.29, 1.82) is 0 Å². The Balaban J connectivity index is 1.51. The first kappa shape index (κ1) is 16.7. The second kappa shape index (κ2) is 6.29. The summed E-state index contributed by atoms with van der Waals surface area (Å²) >= 11 is 0. The van der Waals surface area contributed by atoms with E-state index < -0.39 is 0 Å². The number of halogens is 1. The Hall–Kier alpha value is -3.49. The zero-order valence-corrected chi connectivity index (χ0v) is 15.5. The first-order valence-electron chi connectivity index (χ1n) is 8.98. The van der Waals surface area contributed by atoms with Crippen molar-refractivity contribution >= 4 is 11.6 Å². The van der Waals surface area contributed by atoms with Gasteiger partial charge >= 0.3 is 0 Å². The first-order chi connectivity index (χ1) is 13.6. The van der Waals surface area contributed by atoms with Crippen molar-refractivity contribution in [1.82, 2.24) is 29.4 Å². The summed E-state index contributed by atoms with van der Waals surface area (Å²) in [7, 11) is 1.89. The standard InChI is InChI=1S/C19H18FN7O/c1-11-13(9-24-26(11)2)15-8-22-19(27-10-23-25-18(15)27)21-7-14-12-5-6-28-17(12)4-3-16(14)20/h3-4,8-10H,5-7H2,1-2H3,(H,21,22). The van der Waals surface area contributed by atoms with Gasteiger partial charge in [-0.1, -0.05) is 0 Å². The van der Waals surface area contributed by atoms with Crippen LogP contribution in [0.3, 0.4) is 0 Å². The third-order valence-electron chi connectivity index (χ3n) is 5.22. The molecular formula is C19H18FN7O. The predicted octanol–water partition coefficient (Wildman–Crippen LogP) is 2.52. The molecule has 1 N–H and O–H groups in total. The summed E-state index contributed by atoms with van der Waals surface area (Å²) in [5.74, 6) is 1.04. The zero-order chi connectivity index (χ0) is 19.3. The lowest BCUT2D eigenvalue weighted by Crippen LogP contribution is -2.09. The van der Waals surface area contributed by atoms with Crippen LogP contribution in [0.5, 0.6) is 5.75 Å². The van der Waals surface area contributed by atoms with E-state index in [1.54, 1.807) is 33.9 Å². The van der Waals surface area contributed by atoms with Crippen molar-refractivity contribution in [2.24, 2.45) is 7.05 Å². The molecule has 0 atom stereocenters. The van der Waals surface area contributed by atoms with Gasteiger partial charge in [0.05, 0.1) is 12.8 Å². The number of anilines is 1. The number of hydrogen-bond donors (Lipinski definition) is 1. The van der Waals surface area contributed by atoms with Crippen LogP contribution in [0.1, 0.15) is 16.8 Å². The van der Waals surface area contributed by atoms with Crippen LogP contribution in [0.4, 0.5) is 10.3 Å². The molecule has 0 bridgehead atoms. The van der Waals surface area contributed by atoms with Crippen molar-refractivity contribution in [3.05, 3.63) is 53.5 Å². The minimum absolute atomic E-state index is 0.251. The maximum atomic E-state index is 14.4. The maximum absolute atomic E-state index is 14.4. The van der Waals surface area contributed by atoms with Crippen LogP contribution in [-0.4, -0.2) is 36.0 Å². The van der Waals surface area contributed by atoms with Crippen LogP contribution in [0.25, 0.3) is 16.8 Å². The van der Waals surface area contributed by atoms with Crippen molar-refractivity contribution in [2.45, 2.75) is 19.9 Å². The molecule has 1 aromatic carbocycles. The van der Waals surface area contributed by atoms with Crippen molar-refractivity contribution in [3.63, 3.8) is 0 Å². The Kier molecular flexibility index (Phi) is 3.75. The van der Waals surface area contributed by atoms with Gasteiger partial charge in [-0.3, -0.25) is 9.08 Å². The van der Waals surface area contributed by atoms with Crippen LogP contribution in [0.2, 0.25) is 0 Å². The number of aromatic nitrogens is 6. The number of rotatable bonds is 4. The summed E-state index contributed by atoms with van der Waals surface area (Å²) in [6, 6.07) is 3.12. The quantitative estimate of drug-likeness (QED) is 0.587. The first-order valence-corrected chi connectivity index (χ1v) is 8.98. The SMILES string of the molecule is Cc1c(-c2cnc(NCc3c(F)ccc4c3CCO4)n3cnnc23)cnn1C. The lowest BCUT2D eigenvalue weighted by Gasteiger charge is -2.12. The molecule has 4 aromatic rings. The summed E-state index contributed by atoms with van der Waals surface area (Å²) in [4.78, 5) is 4.53. The van der Waals surface area contributed by atoms with Crippen LogP contribution in [0.15, 0.2) is 30.9 Å². The van der Waals surface area contributed by atoms with Crippen LogP contribution >= 0.6 is 0 Å². The van der Waals surface area contributed by atoms with Gasteiger partial charge in [-0.2, -0.15) is 5.10 Å². The minimum Gasteiger partial charge on any atom is -0.493 e. The number of fused-ring (bicyclic) bond motifs is 2. The van der Waals surface area contributed by atoms with E-state index in [1.807, 2.05) is 14.0 Å². The second-order valence-corrected chi connectivity index (χ2v) is 6.74. The Labute approximate surface area is 160 Å². The Morgan fingerprint density at radius 3 is 2.96 bits per heavy atom. The van der Waals surface area contributed by atoms with Gasteiger partial charge in [0, 0.05) is 54.2 Å². The third kappa shape index (κ3) is 2.50. The molecule has 0 unspecified atom stereocenters. The smallest absolute Gasteiger partial charge is 0.210 e. The summed E-state index contributed by atoms with van der Waals surface area (Å²) in [5.41, 5.74) is 4.97. The van der Waals surface area contributed by atoms with Gasteiger partial charge in [0.2, 0.25) is 5.95 Å². The number of benzene rings is 1. The fourth-order valence-electron chi connectivity index (χ4n) is 3.58. The normalized spacial score (nSPS) is 13.0. The molecule has 142 valence electrons. The number of ether oxygens (including phenoxy) is 1. The monoisotopic (exact) mass is 379 g/mol. The Morgan fingerprint density at radius 2 is 2.14 bits per heavy atom. The molecule has 0 fully saturated rings. The van der Waals surface area contributed by atoms with E-state index in [4.69, 9.17) is 4.74 Å². The highest BCUT2D eigenvalue weighted by Gasteiger charge is 2.20. The van der Waals surface area contributed by atoms with E-state index in [-0.39, 0.29) is 5.82 Å². The third-order valence-corrected chi connectivity index (χ3v) is 5.22. The van der Waals surface area contributed by atoms with Crippen molar-refractivity contribution < 1.29 is 9.13 Å². The molecule has 9 heteroatoms.